The summed E-state index contributed by atoms with van der Waals surface area (Å²) in [6.45, 7) is 0. The van der Waals surface area contributed by atoms with E-state index < -0.39 is 29.4 Å². The molecule has 8 heteroatoms. The number of amides is 1. The van der Waals surface area contributed by atoms with Crippen LogP contribution in [0.25, 0.3) is 0 Å². The van der Waals surface area contributed by atoms with Gasteiger partial charge < -0.3 is 5.11 Å². The van der Waals surface area contributed by atoms with Crippen molar-refractivity contribution in [3.8, 4) is 0 Å². The third-order valence-corrected chi connectivity index (χ3v) is 5.10. The molecule has 1 amide bonds. The molecule has 0 aromatic heterocycles. The minimum atomic E-state index is -4.67. The normalized spacial score (nSPS) is 27.5. The molecule has 130 valence electrons. The van der Waals surface area contributed by atoms with Gasteiger partial charge in [-0.25, -0.2) is 0 Å². The second kappa shape index (κ2) is 6.15. The summed E-state index contributed by atoms with van der Waals surface area (Å²) in [4.78, 5) is 12.7. The molecule has 0 unspecified atom stereocenters. The average molecular weight is 405 g/mol. The van der Waals surface area contributed by atoms with E-state index in [0.29, 0.717) is 17.9 Å². The largest absolute Gasteiger partial charge is 0.431 e. The van der Waals surface area contributed by atoms with E-state index in [1.54, 1.807) is 12.1 Å². The number of rotatable bonds is 1. The second-order valence-electron chi connectivity index (χ2n) is 6.14. The van der Waals surface area contributed by atoms with Crippen LogP contribution >= 0.6 is 15.9 Å². The predicted octanol–water partition coefficient (Wildman–Crippen LogP) is 4.09. The summed E-state index contributed by atoms with van der Waals surface area (Å²) in [5.74, 6) is -1.92. The SMILES string of the molecule is O=C(c1ccc(Br)cc1)N1N=C(C(F)(F)F)[C@@H]2CCCCC[C@@]21O. The lowest BCUT2D eigenvalue weighted by molar-refractivity contribution is -0.108. The Morgan fingerprint density at radius 3 is 2.54 bits per heavy atom. The molecule has 2 aliphatic rings. The monoisotopic (exact) mass is 404 g/mol. The third kappa shape index (κ3) is 2.97. The number of halogens is 4. The van der Waals surface area contributed by atoms with Crippen LogP contribution in [0.5, 0.6) is 0 Å². The Hall–Kier alpha value is -1.41. The van der Waals surface area contributed by atoms with Crippen LogP contribution in [0.4, 0.5) is 13.2 Å². The Morgan fingerprint density at radius 1 is 1.25 bits per heavy atom. The first-order valence-corrected chi connectivity index (χ1v) is 8.51. The van der Waals surface area contributed by atoms with Crippen LogP contribution in [-0.2, 0) is 0 Å². The fraction of sp³-hybridized carbons (Fsp3) is 0.500. The van der Waals surface area contributed by atoms with Crippen LogP contribution in [-0.4, -0.2) is 33.6 Å². The van der Waals surface area contributed by atoms with E-state index in [2.05, 4.69) is 21.0 Å². The van der Waals surface area contributed by atoms with E-state index in [0.717, 1.165) is 10.9 Å². The van der Waals surface area contributed by atoms with Gasteiger partial charge in [0, 0.05) is 10.0 Å². The van der Waals surface area contributed by atoms with Crippen molar-refractivity contribution in [2.75, 3.05) is 0 Å². The molecule has 24 heavy (non-hydrogen) atoms. The van der Waals surface area contributed by atoms with Gasteiger partial charge in [0.25, 0.3) is 5.91 Å². The lowest BCUT2D eigenvalue weighted by atomic mass is 9.87. The maximum absolute atomic E-state index is 13.3. The number of aliphatic hydroxyl groups is 1. The molecule has 0 bridgehead atoms. The zero-order chi connectivity index (χ0) is 17.5. The van der Waals surface area contributed by atoms with Crippen LogP contribution in [0.1, 0.15) is 42.5 Å². The summed E-state index contributed by atoms with van der Waals surface area (Å²) in [6, 6.07) is 6.21. The highest BCUT2D eigenvalue weighted by Crippen LogP contribution is 2.45. The van der Waals surface area contributed by atoms with Gasteiger partial charge in [0.2, 0.25) is 0 Å². The van der Waals surface area contributed by atoms with Gasteiger partial charge in [-0.1, -0.05) is 28.8 Å². The van der Waals surface area contributed by atoms with Crippen LogP contribution < -0.4 is 0 Å². The lowest BCUT2D eigenvalue weighted by Gasteiger charge is -2.35. The Bertz CT molecular complexity index is 675. The van der Waals surface area contributed by atoms with Gasteiger partial charge in [-0.15, -0.1) is 0 Å². The molecule has 1 aromatic rings. The molecule has 1 aliphatic carbocycles. The number of benzene rings is 1. The van der Waals surface area contributed by atoms with Crippen LogP contribution in [0.2, 0.25) is 0 Å². The number of nitrogens with zero attached hydrogens (tertiary/aromatic N) is 2. The van der Waals surface area contributed by atoms with Crippen molar-refractivity contribution < 1.29 is 23.1 Å². The minimum absolute atomic E-state index is 0.0863. The minimum Gasteiger partial charge on any atom is -0.368 e. The van der Waals surface area contributed by atoms with Crippen molar-refractivity contribution in [2.24, 2.45) is 11.0 Å². The Kier molecular flexibility index (Phi) is 4.46. The third-order valence-electron chi connectivity index (χ3n) is 4.57. The van der Waals surface area contributed by atoms with E-state index in [9.17, 15) is 23.1 Å². The maximum atomic E-state index is 13.3. The topological polar surface area (TPSA) is 52.9 Å². The highest BCUT2D eigenvalue weighted by Gasteiger charge is 2.59. The number of fused-ring (bicyclic) bond motifs is 1. The summed E-state index contributed by atoms with van der Waals surface area (Å²) >= 11 is 3.24. The van der Waals surface area contributed by atoms with Gasteiger partial charge >= 0.3 is 6.18 Å². The molecule has 1 saturated carbocycles. The van der Waals surface area contributed by atoms with Gasteiger partial charge in [0.15, 0.2) is 5.72 Å². The van der Waals surface area contributed by atoms with Crippen molar-refractivity contribution in [2.45, 2.75) is 44.0 Å². The number of hydrogen-bond donors (Lipinski definition) is 1. The molecule has 2 atom stereocenters. The van der Waals surface area contributed by atoms with Gasteiger partial charge in [-0.2, -0.15) is 23.3 Å². The van der Waals surface area contributed by atoms with Crippen LogP contribution in [0.15, 0.2) is 33.8 Å². The molecule has 4 nitrogen and oxygen atoms in total. The zero-order valence-corrected chi connectivity index (χ0v) is 14.3. The summed E-state index contributed by atoms with van der Waals surface area (Å²) < 4.78 is 40.8. The highest BCUT2D eigenvalue weighted by atomic mass is 79.9. The molecule has 1 aliphatic heterocycles. The van der Waals surface area contributed by atoms with E-state index >= 15 is 0 Å². The van der Waals surface area contributed by atoms with Crippen molar-refractivity contribution in [3.05, 3.63) is 34.3 Å². The highest BCUT2D eigenvalue weighted by molar-refractivity contribution is 9.10. The standard InChI is InChI=1S/C16H16BrF3N2O2/c17-11-7-5-10(6-8-11)14(23)22-15(24)9-3-1-2-4-12(15)13(21-22)16(18,19)20/h5-8,12,24H,1-4,9H2/t12-,15+/m0/s1. The smallest absolute Gasteiger partial charge is 0.368 e. The Labute approximate surface area is 145 Å². The van der Waals surface area contributed by atoms with Crippen molar-refractivity contribution in [1.29, 1.82) is 0 Å². The van der Waals surface area contributed by atoms with Crippen molar-refractivity contribution >= 4 is 27.5 Å². The molecule has 0 saturated heterocycles. The zero-order valence-electron chi connectivity index (χ0n) is 12.7. The maximum Gasteiger partial charge on any atom is 0.431 e. The van der Waals surface area contributed by atoms with E-state index in [-0.39, 0.29) is 18.4 Å². The molecule has 0 spiro atoms. The fourth-order valence-electron chi connectivity index (χ4n) is 3.38. The van der Waals surface area contributed by atoms with Crippen LogP contribution in [0, 0.1) is 5.92 Å². The molecule has 1 aromatic carbocycles. The molecular formula is C16H16BrF3N2O2. The first-order valence-electron chi connectivity index (χ1n) is 7.71. The van der Waals surface area contributed by atoms with Gasteiger partial charge in [-0.05, 0) is 43.5 Å². The number of carbonyl (C=O) groups excluding carboxylic acids is 1. The number of hydrogen-bond acceptors (Lipinski definition) is 3. The molecule has 3 rings (SSSR count). The van der Waals surface area contributed by atoms with Crippen molar-refractivity contribution in [3.63, 3.8) is 0 Å². The molecule has 1 N–H and O–H groups in total. The summed E-state index contributed by atoms with van der Waals surface area (Å²) in [5, 5.41) is 15.1. The molecular weight excluding hydrogens is 389 g/mol. The first kappa shape index (κ1) is 17.4. The van der Waals surface area contributed by atoms with Gasteiger partial charge in [-0.3, -0.25) is 4.79 Å². The molecule has 0 radical (unpaired) electrons. The number of alkyl halides is 3. The van der Waals surface area contributed by atoms with Crippen LogP contribution in [0.3, 0.4) is 0 Å². The summed E-state index contributed by atoms with van der Waals surface area (Å²) in [6.07, 6.45) is -2.57. The first-order chi connectivity index (χ1) is 11.2. The van der Waals surface area contributed by atoms with Gasteiger partial charge in [0.05, 0.1) is 5.92 Å². The van der Waals surface area contributed by atoms with Gasteiger partial charge in [0.1, 0.15) is 5.71 Å². The Balaban J connectivity index is 2.02. The summed E-state index contributed by atoms with van der Waals surface area (Å²) in [5.41, 5.74) is -2.79. The predicted molar refractivity (Wildman–Crippen MR) is 85.3 cm³/mol. The molecule has 1 fully saturated rings. The summed E-state index contributed by atoms with van der Waals surface area (Å²) in [7, 11) is 0. The Morgan fingerprint density at radius 2 is 1.92 bits per heavy atom. The fourth-order valence-corrected chi connectivity index (χ4v) is 3.64. The average Bonchev–Trinajstić information content (AvgIpc) is 2.67. The van der Waals surface area contributed by atoms with Crippen molar-refractivity contribution in [1.82, 2.24) is 5.01 Å². The quantitative estimate of drug-likeness (QED) is 0.765. The van der Waals surface area contributed by atoms with E-state index in [1.807, 2.05) is 0 Å². The van der Waals surface area contributed by atoms with E-state index in [4.69, 9.17) is 0 Å². The number of carbonyl (C=O) groups is 1. The second-order valence-corrected chi connectivity index (χ2v) is 7.05. The lowest BCUT2D eigenvalue weighted by Crippen LogP contribution is -2.51. The van der Waals surface area contributed by atoms with E-state index in [1.165, 1.54) is 12.1 Å². The number of hydrazone groups is 1. The molecule has 1 heterocycles.